The number of aliphatic hydroxyl groups excluding tert-OH is 1. The second-order valence-electron chi connectivity index (χ2n) is 4.11. The topological polar surface area (TPSA) is 52.5 Å². The largest absolute Gasteiger partial charge is 0.395 e. The van der Waals surface area contributed by atoms with E-state index in [1.165, 1.54) is 12.4 Å². The van der Waals surface area contributed by atoms with E-state index in [4.69, 9.17) is 5.11 Å². The lowest BCUT2D eigenvalue weighted by Gasteiger charge is -2.21. The first kappa shape index (κ1) is 12.2. The van der Waals surface area contributed by atoms with Crippen LogP contribution in [0.25, 0.3) is 0 Å². The van der Waals surface area contributed by atoms with Crippen molar-refractivity contribution in [3.63, 3.8) is 0 Å². The van der Waals surface area contributed by atoms with Gasteiger partial charge in [-0.2, -0.15) is 0 Å². The van der Waals surface area contributed by atoms with E-state index in [2.05, 4.69) is 19.8 Å². The van der Waals surface area contributed by atoms with Crippen molar-refractivity contribution in [2.45, 2.75) is 6.42 Å². The summed E-state index contributed by atoms with van der Waals surface area (Å²) < 4.78 is 12.7. The van der Waals surface area contributed by atoms with E-state index in [1.807, 2.05) is 0 Å². The van der Waals surface area contributed by atoms with E-state index in [-0.39, 0.29) is 6.61 Å². The fraction of sp³-hybridized carbons (Fsp3) is 0.636. The molecule has 0 saturated carbocycles. The number of nitrogens with zero attached hydrogens (tertiary/aromatic N) is 4. The summed E-state index contributed by atoms with van der Waals surface area (Å²) in [6.07, 6.45) is 3.39. The van der Waals surface area contributed by atoms with Crippen LogP contribution in [0, 0.1) is 5.82 Å². The van der Waals surface area contributed by atoms with Crippen molar-refractivity contribution in [2.75, 3.05) is 44.2 Å². The molecule has 1 saturated heterocycles. The maximum absolute atomic E-state index is 12.7. The molecular weight excluding hydrogens is 223 g/mol. The Morgan fingerprint density at radius 1 is 1.18 bits per heavy atom. The molecule has 0 aromatic carbocycles. The minimum atomic E-state index is -0.412. The first-order valence-corrected chi connectivity index (χ1v) is 5.85. The lowest BCUT2D eigenvalue weighted by atomic mass is 10.4. The lowest BCUT2D eigenvalue weighted by Crippen LogP contribution is -2.33. The number of rotatable bonds is 3. The van der Waals surface area contributed by atoms with Gasteiger partial charge in [0.25, 0.3) is 0 Å². The minimum Gasteiger partial charge on any atom is -0.395 e. The van der Waals surface area contributed by atoms with Gasteiger partial charge in [-0.05, 0) is 13.0 Å². The first-order valence-electron chi connectivity index (χ1n) is 5.85. The van der Waals surface area contributed by atoms with Gasteiger partial charge in [-0.25, -0.2) is 14.4 Å². The Balaban J connectivity index is 1.96. The summed E-state index contributed by atoms with van der Waals surface area (Å²) in [5, 5.41) is 8.90. The molecule has 1 aliphatic rings. The fourth-order valence-corrected chi connectivity index (χ4v) is 2.00. The van der Waals surface area contributed by atoms with E-state index in [9.17, 15) is 4.39 Å². The molecule has 17 heavy (non-hydrogen) atoms. The van der Waals surface area contributed by atoms with Crippen LogP contribution >= 0.6 is 0 Å². The van der Waals surface area contributed by atoms with Gasteiger partial charge in [0.2, 0.25) is 5.95 Å². The SMILES string of the molecule is OCCN1CCCN(c2ncc(F)cn2)CC1. The monoisotopic (exact) mass is 240 g/mol. The molecule has 1 fully saturated rings. The number of hydrogen-bond donors (Lipinski definition) is 1. The van der Waals surface area contributed by atoms with Gasteiger partial charge in [0.1, 0.15) is 0 Å². The number of aliphatic hydroxyl groups is 1. The van der Waals surface area contributed by atoms with Crippen molar-refractivity contribution in [3.8, 4) is 0 Å². The average molecular weight is 240 g/mol. The Morgan fingerprint density at radius 3 is 2.65 bits per heavy atom. The molecule has 2 heterocycles. The highest BCUT2D eigenvalue weighted by atomic mass is 19.1. The van der Waals surface area contributed by atoms with Crippen LogP contribution in [0.1, 0.15) is 6.42 Å². The number of aromatic nitrogens is 2. The number of anilines is 1. The zero-order valence-electron chi connectivity index (χ0n) is 9.72. The normalized spacial score (nSPS) is 18.1. The van der Waals surface area contributed by atoms with Crippen LogP contribution in [0.15, 0.2) is 12.4 Å². The van der Waals surface area contributed by atoms with E-state index >= 15 is 0 Å². The number of hydrogen-bond acceptors (Lipinski definition) is 5. The molecule has 0 bridgehead atoms. The van der Waals surface area contributed by atoms with Crippen molar-refractivity contribution in [1.82, 2.24) is 14.9 Å². The number of β-amino-alcohol motifs (C(OH)–C–C–N with tert-alkyl or cyclic N) is 1. The highest BCUT2D eigenvalue weighted by Gasteiger charge is 2.16. The van der Waals surface area contributed by atoms with E-state index in [0.717, 1.165) is 32.6 Å². The summed E-state index contributed by atoms with van der Waals surface area (Å²) in [6, 6.07) is 0. The van der Waals surface area contributed by atoms with Crippen LogP contribution in [-0.4, -0.2) is 59.3 Å². The van der Waals surface area contributed by atoms with Crippen molar-refractivity contribution < 1.29 is 9.50 Å². The molecule has 0 atom stereocenters. The molecule has 1 N–H and O–H groups in total. The number of halogens is 1. The van der Waals surface area contributed by atoms with Crippen LogP contribution in [-0.2, 0) is 0 Å². The van der Waals surface area contributed by atoms with Crippen LogP contribution in [0.3, 0.4) is 0 Å². The second-order valence-corrected chi connectivity index (χ2v) is 4.11. The Labute approximate surface area is 99.9 Å². The van der Waals surface area contributed by atoms with Gasteiger partial charge in [-0.1, -0.05) is 0 Å². The fourth-order valence-electron chi connectivity index (χ4n) is 2.00. The third kappa shape index (κ3) is 3.34. The van der Waals surface area contributed by atoms with Crippen LogP contribution in [0.4, 0.5) is 10.3 Å². The second kappa shape index (κ2) is 5.88. The van der Waals surface area contributed by atoms with E-state index < -0.39 is 5.82 Å². The van der Waals surface area contributed by atoms with Crippen molar-refractivity contribution in [1.29, 1.82) is 0 Å². The van der Waals surface area contributed by atoms with Gasteiger partial charge in [0.15, 0.2) is 5.82 Å². The highest BCUT2D eigenvalue weighted by molar-refractivity contribution is 5.28. The van der Waals surface area contributed by atoms with Gasteiger partial charge < -0.3 is 10.0 Å². The predicted molar refractivity (Wildman–Crippen MR) is 62.3 cm³/mol. The predicted octanol–water partition coefficient (Wildman–Crippen LogP) is 0.120. The van der Waals surface area contributed by atoms with E-state index in [0.29, 0.717) is 12.5 Å². The van der Waals surface area contributed by atoms with Crippen molar-refractivity contribution in [2.24, 2.45) is 0 Å². The molecule has 1 aromatic heterocycles. The summed E-state index contributed by atoms with van der Waals surface area (Å²) in [7, 11) is 0. The Bertz CT molecular complexity index is 346. The zero-order chi connectivity index (χ0) is 12.1. The summed E-state index contributed by atoms with van der Waals surface area (Å²) in [6.45, 7) is 4.42. The first-order chi connectivity index (χ1) is 8.29. The summed E-state index contributed by atoms with van der Waals surface area (Å²) >= 11 is 0. The average Bonchev–Trinajstić information content (AvgIpc) is 2.56. The molecule has 0 unspecified atom stereocenters. The molecule has 1 aromatic rings. The molecule has 6 heteroatoms. The summed E-state index contributed by atoms with van der Waals surface area (Å²) in [4.78, 5) is 12.2. The third-order valence-electron chi connectivity index (χ3n) is 2.89. The van der Waals surface area contributed by atoms with Gasteiger partial charge in [-0.3, -0.25) is 4.90 Å². The summed E-state index contributed by atoms with van der Waals surface area (Å²) in [5.41, 5.74) is 0. The third-order valence-corrected chi connectivity index (χ3v) is 2.89. The Kier molecular flexibility index (Phi) is 4.22. The van der Waals surface area contributed by atoms with Crippen LogP contribution in [0.5, 0.6) is 0 Å². The molecule has 0 radical (unpaired) electrons. The molecule has 1 aliphatic heterocycles. The van der Waals surface area contributed by atoms with Gasteiger partial charge in [0.05, 0.1) is 19.0 Å². The molecule has 94 valence electrons. The van der Waals surface area contributed by atoms with Gasteiger partial charge in [-0.15, -0.1) is 0 Å². The standard InChI is InChI=1S/C11H17FN4O/c12-10-8-13-11(14-9-10)16-3-1-2-15(4-5-16)6-7-17/h8-9,17H,1-7H2. The van der Waals surface area contributed by atoms with Gasteiger partial charge >= 0.3 is 0 Å². The highest BCUT2D eigenvalue weighted by Crippen LogP contribution is 2.10. The molecule has 0 amide bonds. The zero-order valence-corrected chi connectivity index (χ0v) is 9.72. The quantitative estimate of drug-likeness (QED) is 0.813. The van der Waals surface area contributed by atoms with Crippen molar-refractivity contribution >= 4 is 5.95 Å². The molecule has 5 nitrogen and oxygen atoms in total. The lowest BCUT2D eigenvalue weighted by molar-refractivity contribution is 0.204. The van der Waals surface area contributed by atoms with E-state index in [1.54, 1.807) is 0 Å². The van der Waals surface area contributed by atoms with Crippen molar-refractivity contribution in [3.05, 3.63) is 18.2 Å². The Morgan fingerprint density at radius 2 is 1.94 bits per heavy atom. The smallest absolute Gasteiger partial charge is 0.225 e. The molecule has 2 rings (SSSR count). The maximum atomic E-state index is 12.7. The van der Waals surface area contributed by atoms with Crippen LogP contribution < -0.4 is 4.90 Å². The molecule has 0 aliphatic carbocycles. The maximum Gasteiger partial charge on any atom is 0.225 e. The molecular formula is C11H17FN4O. The Hall–Kier alpha value is -1.27. The van der Waals surface area contributed by atoms with Gasteiger partial charge in [0, 0.05) is 26.2 Å². The summed E-state index contributed by atoms with van der Waals surface area (Å²) in [5.74, 6) is 0.169. The minimum absolute atomic E-state index is 0.188. The molecule has 0 spiro atoms. The van der Waals surface area contributed by atoms with Crippen LogP contribution in [0.2, 0.25) is 0 Å².